The summed E-state index contributed by atoms with van der Waals surface area (Å²) in [5.74, 6) is -1.52. The monoisotopic (exact) mass is 759 g/mol. The van der Waals surface area contributed by atoms with Gasteiger partial charge in [0.15, 0.2) is 11.6 Å². The van der Waals surface area contributed by atoms with E-state index < -0.39 is 46.9 Å². The molecule has 6 atom stereocenters. The molecule has 1 aromatic rings. The van der Waals surface area contributed by atoms with Gasteiger partial charge in [0.2, 0.25) is 23.5 Å². The van der Waals surface area contributed by atoms with Crippen LogP contribution in [0.3, 0.4) is 0 Å². The smallest absolute Gasteiger partial charge is 0.315 e. The van der Waals surface area contributed by atoms with E-state index in [-0.39, 0.29) is 60.3 Å². The van der Waals surface area contributed by atoms with E-state index in [1.165, 1.54) is 24.2 Å². The molecule has 5 saturated carbocycles. The minimum Gasteiger partial charge on any atom is -0.347 e. The molecule has 0 radical (unpaired) electrons. The minimum atomic E-state index is -0.938. The van der Waals surface area contributed by atoms with Gasteiger partial charge in [-0.3, -0.25) is 28.8 Å². The van der Waals surface area contributed by atoms with E-state index in [0.29, 0.717) is 42.7 Å². The number of likely N-dealkylation sites (tertiary alicyclic amines) is 1. The average molecular weight is 760 g/mol. The number of fused-ring (bicyclic) bond motifs is 1. The highest BCUT2D eigenvalue weighted by molar-refractivity contribution is 6.38. The molecule has 1 unspecified atom stereocenters. The number of carbonyl (C=O) groups is 7. The van der Waals surface area contributed by atoms with Gasteiger partial charge in [-0.25, -0.2) is 4.79 Å². The van der Waals surface area contributed by atoms with Crippen LogP contribution in [-0.4, -0.2) is 89.2 Å². The summed E-state index contributed by atoms with van der Waals surface area (Å²) in [6.07, 6.45) is 7.65. The molecular weight excluding hydrogens is 699 g/mol. The van der Waals surface area contributed by atoms with Crippen LogP contribution in [0.15, 0.2) is 30.3 Å². The molecular formula is C43H61N5O7. The summed E-state index contributed by atoms with van der Waals surface area (Å²) in [6, 6.07) is 5.96. The third kappa shape index (κ3) is 9.15. The van der Waals surface area contributed by atoms with Crippen molar-refractivity contribution in [3.8, 4) is 0 Å². The fraction of sp³-hybridized carbons (Fsp3) is 0.698. The maximum Gasteiger partial charge on any atom is 0.315 e. The van der Waals surface area contributed by atoms with Crippen molar-refractivity contribution in [1.29, 1.82) is 0 Å². The van der Waals surface area contributed by atoms with Crippen LogP contribution in [0.25, 0.3) is 0 Å². The summed E-state index contributed by atoms with van der Waals surface area (Å²) in [5, 5.41) is 9.08. The molecule has 1 aliphatic heterocycles. The zero-order valence-electron chi connectivity index (χ0n) is 33.5. The number of carbonyl (C=O) groups excluding carboxylic acids is 7. The highest BCUT2D eigenvalue weighted by Gasteiger charge is 2.58. The lowest BCUT2D eigenvalue weighted by molar-refractivity contribution is -0.144. The van der Waals surface area contributed by atoms with Gasteiger partial charge in [-0.15, -0.1) is 0 Å². The van der Waals surface area contributed by atoms with E-state index in [0.717, 1.165) is 25.7 Å². The highest BCUT2D eigenvalue weighted by atomic mass is 16.2. The summed E-state index contributed by atoms with van der Waals surface area (Å²) in [6.45, 7) is 8.05. The Morgan fingerprint density at radius 2 is 1.49 bits per heavy atom. The van der Waals surface area contributed by atoms with E-state index in [1.807, 2.05) is 27.7 Å². The van der Waals surface area contributed by atoms with Crippen molar-refractivity contribution in [3.05, 3.63) is 35.9 Å². The summed E-state index contributed by atoms with van der Waals surface area (Å²) in [4.78, 5) is 97.7. The molecule has 4 bridgehead atoms. The summed E-state index contributed by atoms with van der Waals surface area (Å²) >= 11 is 0. The molecule has 1 aromatic carbocycles. The van der Waals surface area contributed by atoms with Gasteiger partial charge in [-0.2, -0.15) is 0 Å². The standard InChI is InChI=1S/C43H61N5O7/c1-7-11-29(37(52)32(49)14-15-34(51)44-35(39(53)47(5)6)28-12-9-8-10-13-28)20-33(50)36-31-19-30(31)24-48(36)40(54)38(42(2,3)4)45-41(55)46-43-21-25-16-26(22-43)18-27(17-25)23-43/h8-10,12-13,25-27,29-31,35-36,38H,7,11,14-24H2,1-6H3,(H,44,51)(H2,45,46,55)/t25?,26?,27?,29?,30-,31-,35-,36-,38+,43?/m0/s1. The predicted molar refractivity (Wildman–Crippen MR) is 206 cm³/mol. The summed E-state index contributed by atoms with van der Waals surface area (Å²) < 4.78 is 0. The maximum atomic E-state index is 14.4. The number of hydrogen-bond acceptors (Lipinski definition) is 7. The first kappa shape index (κ1) is 40.6. The van der Waals surface area contributed by atoms with Crippen molar-refractivity contribution in [3.63, 3.8) is 0 Å². The largest absolute Gasteiger partial charge is 0.347 e. The van der Waals surface area contributed by atoms with E-state index >= 15 is 0 Å². The van der Waals surface area contributed by atoms with Gasteiger partial charge >= 0.3 is 6.03 Å². The Morgan fingerprint density at radius 3 is 2.05 bits per heavy atom. The second kappa shape index (κ2) is 16.2. The molecule has 300 valence electrons. The SMILES string of the molecule is CCCC(CC(=O)[C@@H]1[C@H]2C[C@H]2CN1C(=O)[C@@H](NC(=O)NC12CC3CC(CC(C3)C1)C2)C(C)(C)C)C(=O)C(=O)CCC(=O)N[C@H](C(=O)N(C)C)c1ccccc1. The number of nitrogens with one attached hydrogen (secondary N) is 3. The third-order valence-corrected chi connectivity index (χ3v) is 13.0. The molecule has 6 fully saturated rings. The Kier molecular flexibility index (Phi) is 11.9. The Balaban J connectivity index is 1.07. The van der Waals surface area contributed by atoms with Crippen LogP contribution in [0, 0.1) is 40.9 Å². The third-order valence-electron chi connectivity index (χ3n) is 13.0. The Labute approximate surface area is 325 Å². The highest BCUT2D eigenvalue weighted by Crippen LogP contribution is 2.55. The Bertz CT molecular complexity index is 1630. The number of benzene rings is 1. The molecule has 5 aliphatic carbocycles. The number of piperidine rings is 1. The van der Waals surface area contributed by atoms with Gasteiger partial charge in [0.1, 0.15) is 12.1 Å². The number of Topliss-reactive ketones (excluding diaryl/α,β-unsaturated/α-hetero) is 3. The maximum absolute atomic E-state index is 14.4. The fourth-order valence-electron chi connectivity index (χ4n) is 10.6. The number of nitrogens with zero attached hydrogens (tertiary/aromatic N) is 2. The van der Waals surface area contributed by atoms with Crippen LogP contribution >= 0.6 is 0 Å². The average Bonchev–Trinajstić information content (AvgIpc) is 3.78. The lowest BCUT2D eigenvalue weighted by atomic mass is 9.53. The van der Waals surface area contributed by atoms with E-state index in [2.05, 4.69) is 16.0 Å². The fourth-order valence-corrected chi connectivity index (χ4v) is 10.6. The van der Waals surface area contributed by atoms with Crippen LogP contribution in [0.5, 0.6) is 0 Å². The molecule has 6 aliphatic rings. The van der Waals surface area contributed by atoms with Crippen molar-refractivity contribution in [2.75, 3.05) is 20.6 Å². The second-order valence-corrected chi connectivity index (χ2v) is 18.8. The van der Waals surface area contributed by atoms with E-state index in [9.17, 15) is 33.6 Å². The van der Waals surface area contributed by atoms with Crippen LogP contribution in [0.2, 0.25) is 0 Å². The van der Waals surface area contributed by atoms with Gasteiger partial charge in [0, 0.05) is 51.4 Å². The van der Waals surface area contributed by atoms with Crippen molar-refractivity contribution < 1.29 is 33.6 Å². The first-order valence-corrected chi connectivity index (χ1v) is 20.5. The Morgan fingerprint density at radius 1 is 0.873 bits per heavy atom. The number of rotatable bonds is 16. The number of ketones is 3. The van der Waals surface area contributed by atoms with Crippen LogP contribution < -0.4 is 16.0 Å². The lowest BCUT2D eigenvalue weighted by Gasteiger charge is -2.56. The van der Waals surface area contributed by atoms with Gasteiger partial charge in [-0.1, -0.05) is 64.4 Å². The Hall–Kier alpha value is -4.09. The number of urea groups is 1. The number of hydrogen-bond donors (Lipinski definition) is 3. The lowest BCUT2D eigenvalue weighted by Crippen LogP contribution is -2.64. The molecule has 0 spiro atoms. The van der Waals surface area contributed by atoms with Gasteiger partial charge in [-0.05, 0) is 91.9 Å². The molecule has 12 nitrogen and oxygen atoms in total. The minimum absolute atomic E-state index is 0.00266. The molecule has 55 heavy (non-hydrogen) atoms. The van der Waals surface area contributed by atoms with Crippen molar-refractivity contribution in [1.82, 2.24) is 25.8 Å². The number of likely N-dealkylation sites (N-methyl/N-ethyl adjacent to an activating group) is 1. The predicted octanol–water partition coefficient (Wildman–Crippen LogP) is 4.76. The van der Waals surface area contributed by atoms with E-state index in [1.54, 1.807) is 49.3 Å². The van der Waals surface area contributed by atoms with Crippen molar-refractivity contribution in [2.45, 2.75) is 128 Å². The zero-order valence-corrected chi connectivity index (χ0v) is 33.5. The molecule has 7 rings (SSSR count). The number of amides is 5. The molecule has 3 N–H and O–H groups in total. The molecule has 5 amide bonds. The molecule has 12 heteroatoms. The van der Waals surface area contributed by atoms with Crippen LogP contribution in [0.1, 0.15) is 116 Å². The van der Waals surface area contributed by atoms with Crippen molar-refractivity contribution in [2.24, 2.45) is 40.9 Å². The first-order chi connectivity index (χ1) is 26.0. The quantitative estimate of drug-likeness (QED) is 0.205. The molecule has 1 saturated heterocycles. The van der Waals surface area contributed by atoms with E-state index in [4.69, 9.17) is 0 Å². The molecule has 0 aromatic heterocycles. The van der Waals surface area contributed by atoms with Crippen molar-refractivity contribution >= 4 is 41.1 Å². The topological polar surface area (TPSA) is 162 Å². The normalized spacial score (nSPS) is 29.0. The van der Waals surface area contributed by atoms with Crippen LogP contribution in [0.4, 0.5) is 4.79 Å². The van der Waals surface area contributed by atoms with Gasteiger partial charge < -0.3 is 25.8 Å². The zero-order chi connectivity index (χ0) is 39.8. The van der Waals surface area contributed by atoms with Crippen LogP contribution in [-0.2, 0) is 28.8 Å². The second-order valence-electron chi connectivity index (χ2n) is 18.8. The first-order valence-electron chi connectivity index (χ1n) is 20.5. The summed E-state index contributed by atoms with van der Waals surface area (Å²) in [7, 11) is 3.18. The van der Waals surface area contributed by atoms with Gasteiger partial charge in [0.05, 0.1) is 6.04 Å². The summed E-state index contributed by atoms with van der Waals surface area (Å²) in [5.41, 5.74) is -0.243. The van der Waals surface area contributed by atoms with Gasteiger partial charge in [0.25, 0.3) is 0 Å². The molecule has 1 heterocycles.